The lowest BCUT2D eigenvalue weighted by atomic mass is 10.1. The molecule has 0 unspecified atom stereocenters. The van der Waals surface area contributed by atoms with Gasteiger partial charge in [0.2, 0.25) is 0 Å². The van der Waals surface area contributed by atoms with Crippen LogP contribution in [0, 0.1) is 6.92 Å². The first-order valence-electron chi connectivity index (χ1n) is 8.71. The van der Waals surface area contributed by atoms with Crippen molar-refractivity contribution in [2.24, 2.45) is 0 Å². The zero-order chi connectivity index (χ0) is 19.2. The molecule has 3 aromatic rings. The number of halogens is 1. The van der Waals surface area contributed by atoms with Crippen LogP contribution >= 0.6 is 11.6 Å². The Morgan fingerprint density at radius 1 is 1.04 bits per heavy atom. The lowest BCUT2D eigenvalue weighted by molar-refractivity contribution is 0.101. The molecule has 3 rings (SSSR count). The summed E-state index contributed by atoms with van der Waals surface area (Å²) >= 11 is 6.02. The molecule has 2 aromatic carbocycles. The number of nitrogens with zero attached hydrogens (tertiary/aromatic N) is 2. The molecule has 0 spiro atoms. The van der Waals surface area contributed by atoms with Gasteiger partial charge in [-0.2, -0.15) is 0 Å². The first-order valence-corrected chi connectivity index (χ1v) is 9.09. The Kier molecular flexibility index (Phi) is 6.04. The van der Waals surface area contributed by atoms with Crippen LogP contribution in [0.3, 0.4) is 0 Å². The summed E-state index contributed by atoms with van der Waals surface area (Å²) in [6.45, 7) is 4.15. The van der Waals surface area contributed by atoms with Gasteiger partial charge >= 0.3 is 0 Å². The maximum absolute atomic E-state index is 11.4. The van der Waals surface area contributed by atoms with E-state index in [1.807, 2.05) is 43.3 Å². The number of hydrogen-bond donors (Lipinski definition) is 2. The van der Waals surface area contributed by atoms with E-state index >= 15 is 0 Å². The predicted octanol–water partition coefficient (Wildman–Crippen LogP) is 5.04. The van der Waals surface area contributed by atoms with E-state index in [1.54, 1.807) is 19.1 Å². The van der Waals surface area contributed by atoms with Gasteiger partial charge < -0.3 is 10.6 Å². The molecule has 0 aliphatic heterocycles. The highest BCUT2D eigenvalue weighted by molar-refractivity contribution is 6.30. The summed E-state index contributed by atoms with van der Waals surface area (Å²) in [6, 6.07) is 17.0. The second-order valence-corrected chi connectivity index (χ2v) is 6.69. The van der Waals surface area contributed by atoms with E-state index in [0.29, 0.717) is 17.2 Å². The molecule has 0 radical (unpaired) electrons. The van der Waals surface area contributed by atoms with Gasteiger partial charge in [-0.1, -0.05) is 23.7 Å². The topological polar surface area (TPSA) is 66.9 Å². The van der Waals surface area contributed by atoms with E-state index in [0.717, 1.165) is 29.5 Å². The van der Waals surface area contributed by atoms with Crippen molar-refractivity contribution in [3.8, 4) is 0 Å². The average Bonchev–Trinajstić information content (AvgIpc) is 2.62. The summed E-state index contributed by atoms with van der Waals surface area (Å²) in [5.74, 6) is 2.17. The average molecular weight is 381 g/mol. The maximum atomic E-state index is 11.4. The van der Waals surface area contributed by atoms with Gasteiger partial charge in [0.1, 0.15) is 17.5 Å². The van der Waals surface area contributed by atoms with E-state index in [2.05, 4.69) is 26.7 Å². The van der Waals surface area contributed by atoms with Crippen molar-refractivity contribution < 1.29 is 4.79 Å². The molecule has 138 valence electrons. The van der Waals surface area contributed by atoms with E-state index < -0.39 is 0 Å². The quantitative estimate of drug-likeness (QED) is 0.562. The third-order valence-electron chi connectivity index (χ3n) is 4.01. The Morgan fingerprint density at radius 3 is 2.48 bits per heavy atom. The van der Waals surface area contributed by atoms with Crippen LogP contribution in [-0.2, 0) is 6.42 Å². The highest BCUT2D eigenvalue weighted by Gasteiger charge is 2.04. The number of Topliss-reactive ketones (excluding diaryl/α,β-unsaturated/α-hetero) is 1. The Labute approximate surface area is 163 Å². The fourth-order valence-electron chi connectivity index (χ4n) is 2.69. The number of hydrogen-bond acceptors (Lipinski definition) is 5. The normalized spacial score (nSPS) is 10.5. The van der Waals surface area contributed by atoms with Gasteiger partial charge in [0.05, 0.1) is 0 Å². The van der Waals surface area contributed by atoms with Gasteiger partial charge in [0.25, 0.3) is 0 Å². The summed E-state index contributed by atoms with van der Waals surface area (Å²) < 4.78 is 0. The molecular weight excluding hydrogens is 360 g/mol. The molecular formula is C21H21ClN4O. The lowest BCUT2D eigenvalue weighted by Crippen LogP contribution is -2.08. The Balaban J connectivity index is 1.64. The van der Waals surface area contributed by atoms with E-state index in [-0.39, 0.29) is 5.78 Å². The zero-order valence-electron chi connectivity index (χ0n) is 15.3. The molecule has 0 saturated carbocycles. The number of carbonyl (C=O) groups is 1. The molecule has 0 atom stereocenters. The second-order valence-electron chi connectivity index (χ2n) is 6.25. The van der Waals surface area contributed by atoms with Crippen LogP contribution in [0.25, 0.3) is 0 Å². The fraction of sp³-hybridized carbons (Fsp3) is 0.190. The van der Waals surface area contributed by atoms with E-state index in [9.17, 15) is 4.79 Å². The number of aromatic nitrogens is 2. The lowest BCUT2D eigenvalue weighted by Gasteiger charge is -2.11. The van der Waals surface area contributed by atoms with Gasteiger partial charge in [-0.3, -0.25) is 4.79 Å². The molecule has 0 aliphatic rings. The number of aryl methyl sites for hydroxylation is 1. The largest absolute Gasteiger partial charge is 0.370 e. The molecule has 5 nitrogen and oxygen atoms in total. The molecule has 1 aromatic heterocycles. The number of benzene rings is 2. The Bertz CT molecular complexity index is 941. The van der Waals surface area contributed by atoms with Crippen molar-refractivity contribution in [2.45, 2.75) is 20.3 Å². The summed E-state index contributed by atoms with van der Waals surface area (Å²) in [4.78, 5) is 20.2. The highest BCUT2D eigenvalue weighted by atomic mass is 35.5. The van der Waals surface area contributed by atoms with Crippen LogP contribution in [-0.4, -0.2) is 22.3 Å². The minimum atomic E-state index is 0.0469. The Morgan fingerprint density at radius 2 is 1.78 bits per heavy atom. The van der Waals surface area contributed by atoms with Crippen molar-refractivity contribution >= 4 is 34.7 Å². The standard InChI is InChI=1S/C21H21ClN4O/c1-14(27)17-6-8-19(9-7-17)26-21-13-20(24-15(2)25-21)23-11-10-16-4-3-5-18(22)12-16/h3-9,12-13H,10-11H2,1-2H3,(H2,23,24,25,26). The molecule has 1 heterocycles. The predicted molar refractivity (Wildman–Crippen MR) is 110 cm³/mol. The third-order valence-corrected chi connectivity index (χ3v) is 4.25. The van der Waals surface area contributed by atoms with Crippen LogP contribution in [0.4, 0.5) is 17.3 Å². The summed E-state index contributed by atoms with van der Waals surface area (Å²) in [6.07, 6.45) is 0.846. The molecule has 6 heteroatoms. The van der Waals surface area contributed by atoms with E-state index in [4.69, 9.17) is 11.6 Å². The third kappa shape index (κ3) is 5.53. The van der Waals surface area contributed by atoms with Crippen LogP contribution in [0.15, 0.2) is 54.6 Å². The Hall–Kier alpha value is -2.92. The van der Waals surface area contributed by atoms with Gasteiger partial charge in [-0.05, 0) is 62.2 Å². The number of carbonyl (C=O) groups excluding carboxylic acids is 1. The number of anilines is 3. The molecule has 0 aliphatic carbocycles. The van der Waals surface area contributed by atoms with Crippen molar-refractivity contribution in [2.75, 3.05) is 17.2 Å². The minimum absolute atomic E-state index is 0.0469. The summed E-state index contributed by atoms with van der Waals surface area (Å²) in [5.41, 5.74) is 2.72. The second kappa shape index (κ2) is 8.64. The smallest absolute Gasteiger partial charge is 0.159 e. The van der Waals surface area contributed by atoms with Crippen LogP contribution in [0.1, 0.15) is 28.7 Å². The monoisotopic (exact) mass is 380 g/mol. The van der Waals surface area contributed by atoms with Crippen molar-refractivity contribution in [3.63, 3.8) is 0 Å². The number of ketones is 1. The zero-order valence-corrected chi connectivity index (χ0v) is 16.0. The van der Waals surface area contributed by atoms with Gasteiger partial charge in [0.15, 0.2) is 5.78 Å². The summed E-state index contributed by atoms with van der Waals surface area (Å²) in [5, 5.41) is 7.31. The molecule has 0 fully saturated rings. The van der Waals surface area contributed by atoms with Crippen molar-refractivity contribution in [1.82, 2.24) is 9.97 Å². The van der Waals surface area contributed by atoms with Gasteiger partial charge in [0, 0.05) is 28.9 Å². The van der Waals surface area contributed by atoms with Crippen molar-refractivity contribution in [3.05, 3.63) is 76.6 Å². The maximum Gasteiger partial charge on any atom is 0.159 e. The molecule has 2 N–H and O–H groups in total. The number of rotatable bonds is 7. The van der Waals surface area contributed by atoms with Crippen LogP contribution in [0.2, 0.25) is 5.02 Å². The van der Waals surface area contributed by atoms with Gasteiger partial charge in [-0.25, -0.2) is 9.97 Å². The van der Waals surface area contributed by atoms with E-state index in [1.165, 1.54) is 5.56 Å². The molecule has 0 amide bonds. The first-order chi connectivity index (χ1) is 13.0. The van der Waals surface area contributed by atoms with Crippen LogP contribution < -0.4 is 10.6 Å². The number of nitrogens with one attached hydrogen (secondary N) is 2. The molecule has 0 bridgehead atoms. The molecule has 27 heavy (non-hydrogen) atoms. The SMILES string of the molecule is CC(=O)c1ccc(Nc2cc(NCCc3cccc(Cl)c3)nc(C)n2)cc1. The summed E-state index contributed by atoms with van der Waals surface area (Å²) in [7, 11) is 0. The minimum Gasteiger partial charge on any atom is -0.370 e. The highest BCUT2D eigenvalue weighted by Crippen LogP contribution is 2.18. The van der Waals surface area contributed by atoms with Crippen molar-refractivity contribution in [1.29, 1.82) is 0 Å². The van der Waals surface area contributed by atoms with Gasteiger partial charge in [-0.15, -0.1) is 0 Å². The fourth-order valence-corrected chi connectivity index (χ4v) is 2.90. The molecule has 0 saturated heterocycles. The first kappa shape index (κ1) is 18.9. The van der Waals surface area contributed by atoms with Crippen LogP contribution in [0.5, 0.6) is 0 Å².